The topological polar surface area (TPSA) is 26.0 Å². The van der Waals surface area contributed by atoms with Gasteiger partial charge in [0.25, 0.3) is 0 Å². The van der Waals surface area contributed by atoms with Crippen LogP contribution in [-0.2, 0) is 0 Å². The van der Waals surface area contributed by atoms with Gasteiger partial charge < -0.3 is 5.73 Å². The van der Waals surface area contributed by atoms with Crippen LogP contribution in [0.15, 0.2) is 11.6 Å². The molecule has 4 unspecified atom stereocenters. The predicted molar refractivity (Wildman–Crippen MR) is 74.8 cm³/mol. The highest BCUT2D eigenvalue weighted by atomic mass is 14.7. The fourth-order valence-corrected chi connectivity index (χ4v) is 3.54. The maximum Gasteiger partial charge on any atom is 0.0105 e. The van der Waals surface area contributed by atoms with Gasteiger partial charge in [0.05, 0.1) is 0 Å². The molecule has 0 saturated heterocycles. The first-order chi connectivity index (χ1) is 8.16. The molecule has 0 bridgehead atoms. The van der Waals surface area contributed by atoms with E-state index < -0.39 is 0 Å². The Hall–Kier alpha value is -0.300. The van der Waals surface area contributed by atoms with Gasteiger partial charge in [-0.25, -0.2) is 0 Å². The third kappa shape index (κ3) is 3.58. The molecule has 0 radical (unpaired) electrons. The van der Waals surface area contributed by atoms with Crippen molar-refractivity contribution < 1.29 is 0 Å². The van der Waals surface area contributed by atoms with Gasteiger partial charge in [-0.1, -0.05) is 31.9 Å². The molecule has 1 fully saturated rings. The van der Waals surface area contributed by atoms with Crippen LogP contribution in [0.2, 0.25) is 0 Å². The lowest BCUT2D eigenvalue weighted by molar-refractivity contribution is 0.184. The molecule has 17 heavy (non-hydrogen) atoms. The molecule has 1 heteroatoms. The molecule has 0 aromatic heterocycles. The largest absolute Gasteiger partial charge is 0.327 e. The van der Waals surface area contributed by atoms with Crippen molar-refractivity contribution in [1.82, 2.24) is 0 Å². The van der Waals surface area contributed by atoms with Gasteiger partial charge in [-0.05, 0) is 62.7 Å². The van der Waals surface area contributed by atoms with Gasteiger partial charge in [0.1, 0.15) is 0 Å². The summed E-state index contributed by atoms with van der Waals surface area (Å²) >= 11 is 0. The summed E-state index contributed by atoms with van der Waals surface area (Å²) in [6.07, 6.45) is 13.1. The molecule has 0 aromatic carbocycles. The molecule has 0 amide bonds. The van der Waals surface area contributed by atoms with Crippen molar-refractivity contribution in [2.45, 2.75) is 71.3 Å². The Bertz CT molecular complexity index is 269. The van der Waals surface area contributed by atoms with Crippen molar-refractivity contribution >= 4 is 0 Å². The van der Waals surface area contributed by atoms with E-state index in [0.29, 0.717) is 6.04 Å². The van der Waals surface area contributed by atoms with E-state index in [4.69, 9.17) is 5.73 Å². The summed E-state index contributed by atoms with van der Waals surface area (Å²) in [5.74, 6) is 2.57. The number of allylic oxidation sites excluding steroid dienone is 1. The normalized spacial score (nSPS) is 36.4. The van der Waals surface area contributed by atoms with Crippen molar-refractivity contribution in [3.8, 4) is 0 Å². The predicted octanol–water partition coefficient (Wildman–Crippen LogP) is 4.28. The standard InChI is InChI=1S/C16H29N/c1-12-8-9-15(10-13(12)2)16(17)11-14-6-4-3-5-7-14/h6,12-13,15-16H,3-5,7-11,17H2,1-2H3. The third-order valence-corrected chi connectivity index (χ3v) is 5.13. The molecule has 0 aliphatic heterocycles. The van der Waals surface area contributed by atoms with E-state index >= 15 is 0 Å². The van der Waals surface area contributed by atoms with Gasteiger partial charge in [0.2, 0.25) is 0 Å². The summed E-state index contributed by atoms with van der Waals surface area (Å²) in [5.41, 5.74) is 8.09. The maximum absolute atomic E-state index is 6.45. The Morgan fingerprint density at radius 3 is 2.71 bits per heavy atom. The van der Waals surface area contributed by atoms with Crippen LogP contribution in [0.25, 0.3) is 0 Å². The van der Waals surface area contributed by atoms with E-state index in [-0.39, 0.29) is 0 Å². The van der Waals surface area contributed by atoms with Gasteiger partial charge >= 0.3 is 0 Å². The SMILES string of the molecule is CC1CCC(C(N)CC2=CCCCC2)CC1C. The van der Waals surface area contributed by atoms with Crippen LogP contribution < -0.4 is 5.73 Å². The molecule has 2 aliphatic rings. The van der Waals surface area contributed by atoms with Crippen LogP contribution in [0.5, 0.6) is 0 Å². The van der Waals surface area contributed by atoms with E-state index in [9.17, 15) is 0 Å². The van der Waals surface area contributed by atoms with E-state index in [0.717, 1.165) is 17.8 Å². The monoisotopic (exact) mass is 235 g/mol. The fourth-order valence-electron chi connectivity index (χ4n) is 3.54. The molecule has 0 spiro atoms. The second-order valence-electron chi connectivity index (χ2n) is 6.50. The van der Waals surface area contributed by atoms with Crippen molar-refractivity contribution in [2.24, 2.45) is 23.5 Å². The van der Waals surface area contributed by atoms with Gasteiger partial charge in [0, 0.05) is 6.04 Å². The summed E-state index contributed by atoms with van der Waals surface area (Å²) in [5, 5.41) is 0. The molecule has 1 nitrogen and oxygen atoms in total. The van der Waals surface area contributed by atoms with Gasteiger partial charge in [-0.15, -0.1) is 0 Å². The average molecular weight is 235 g/mol. The van der Waals surface area contributed by atoms with Crippen molar-refractivity contribution in [3.05, 3.63) is 11.6 Å². The lowest BCUT2D eigenvalue weighted by Crippen LogP contribution is -2.35. The van der Waals surface area contributed by atoms with Crippen LogP contribution in [0.3, 0.4) is 0 Å². The van der Waals surface area contributed by atoms with E-state index in [1.165, 1.54) is 51.4 Å². The number of hydrogen-bond acceptors (Lipinski definition) is 1. The number of rotatable bonds is 3. The molecule has 1 saturated carbocycles. The molecule has 0 aromatic rings. The maximum atomic E-state index is 6.45. The van der Waals surface area contributed by atoms with Crippen LogP contribution in [0, 0.1) is 17.8 Å². The van der Waals surface area contributed by atoms with Crippen molar-refractivity contribution in [1.29, 1.82) is 0 Å². The minimum Gasteiger partial charge on any atom is -0.327 e. The van der Waals surface area contributed by atoms with Gasteiger partial charge in [0.15, 0.2) is 0 Å². The molecular weight excluding hydrogens is 206 g/mol. The first kappa shape index (κ1) is 13.1. The quantitative estimate of drug-likeness (QED) is 0.726. The summed E-state index contributed by atoms with van der Waals surface area (Å²) in [4.78, 5) is 0. The Morgan fingerprint density at radius 2 is 2.06 bits per heavy atom. The Labute approximate surface area is 107 Å². The lowest BCUT2D eigenvalue weighted by Gasteiger charge is -2.35. The summed E-state index contributed by atoms with van der Waals surface area (Å²) in [7, 11) is 0. The Kier molecular flexibility index (Phi) is 4.67. The minimum absolute atomic E-state index is 0.425. The van der Waals surface area contributed by atoms with Gasteiger partial charge in [-0.3, -0.25) is 0 Å². The fraction of sp³-hybridized carbons (Fsp3) is 0.875. The zero-order valence-electron chi connectivity index (χ0n) is 11.6. The Morgan fingerprint density at radius 1 is 1.24 bits per heavy atom. The molecule has 4 atom stereocenters. The van der Waals surface area contributed by atoms with E-state index in [1.54, 1.807) is 5.57 Å². The smallest absolute Gasteiger partial charge is 0.0105 e. The molecule has 2 rings (SSSR count). The molecule has 2 aliphatic carbocycles. The van der Waals surface area contributed by atoms with Crippen LogP contribution in [0.4, 0.5) is 0 Å². The highest BCUT2D eigenvalue weighted by Crippen LogP contribution is 2.36. The van der Waals surface area contributed by atoms with Gasteiger partial charge in [-0.2, -0.15) is 0 Å². The second kappa shape index (κ2) is 6.04. The zero-order chi connectivity index (χ0) is 12.3. The third-order valence-electron chi connectivity index (χ3n) is 5.13. The molecule has 98 valence electrons. The summed E-state index contributed by atoms with van der Waals surface area (Å²) in [6.45, 7) is 4.81. The molecule has 2 N–H and O–H groups in total. The van der Waals surface area contributed by atoms with Crippen LogP contribution >= 0.6 is 0 Å². The first-order valence-corrected chi connectivity index (χ1v) is 7.60. The lowest BCUT2D eigenvalue weighted by atomic mass is 9.72. The van der Waals surface area contributed by atoms with E-state index in [1.807, 2.05) is 0 Å². The average Bonchev–Trinajstić information content (AvgIpc) is 2.34. The van der Waals surface area contributed by atoms with E-state index in [2.05, 4.69) is 19.9 Å². The highest BCUT2D eigenvalue weighted by molar-refractivity contribution is 5.07. The van der Waals surface area contributed by atoms with Crippen LogP contribution in [-0.4, -0.2) is 6.04 Å². The minimum atomic E-state index is 0.425. The first-order valence-electron chi connectivity index (χ1n) is 7.60. The van der Waals surface area contributed by atoms with Crippen molar-refractivity contribution in [2.75, 3.05) is 0 Å². The molecular formula is C16H29N. The zero-order valence-corrected chi connectivity index (χ0v) is 11.6. The number of nitrogens with two attached hydrogens (primary N) is 1. The summed E-state index contributed by atoms with van der Waals surface area (Å²) < 4.78 is 0. The van der Waals surface area contributed by atoms with Crippen LogP contribution in [0.1, 0.15) is 65.2 Å². The summed E-state index contributed by atoms with van der Waals surface area (Å²) in [6, 6.07) is 0.425. The highest BCUT2D eigenvalue weighted by Gasteiger charge is 2.28. The van der Waals surface area contributed by atoms with Crippen molar-refractivity contribution in [3.63, 3.8) is 0 Å². The second-order valence-corrected chi connectivity index (χ2v) is 6.50. The molecule has 0 heterocycles. The number of hydrogen-bond donors (Lipinski definition) is 1. The Balaban J connectivity index is 1.83.